The molecule has 2 aliphatic heterocycles. The molecule has 128 valence electrons. The Balaban J connectivity index is 1.84. The molecule has 3 heterocycles. The van der Waals surface area contributed by atoms with Crippen LogP contribution in [-0.4, -0.2) is 44.1 Å². The average Bonchev–Trinajstić information content (AvgIpc) is 3.00. The number of nitrogens with two attached hydrogens (primary N) is 1. The van der Waals surface area contributed by atoms with Crippen LogP contribution >= 0.6 is 23.1 Å². The van der Waals surface area contributed by atoms with Gasteiger partial charge < -0.3 is 20.8 Å². The summed E-state index contributed by atoms with van der Waals surface area (Å²) in [7, 11) is 0. The number of carbonyl (C=O) groups is 2. The van der Waals surface area contributed by atoms with E-state index in [1.807, 2.05) is 6.92 Å². The van der Waals surface area contributed by atoms with Gasteiger partial charge >= 0.3 is 5.97 Å². The maximum absolute atomic E-state index is 12.2. The highest BCUT2D eigenvalue weighted by Crippen LogP contribution is 2.50. The molecule has 24 heavy (non-hydrogen) atoms. The highest BCUT2D eigenvalue weighted by atomic mass is 32.2. The molecule has 1 fully saturated rings. The molecule has 1 aromatic rings. The van der Waals surface area contributed by atoms with Gasteiger partial charge in [-0.2, -0.15) is 0 Å². The predicted octanol–water partition coefficient (Wildman–Crippen LogP) is 1.58. The Bertz CT molecular complexity index is 756. The summed E-state index contributed by atoms with van der Waals surface area (Å²) >= 11 is 2.61. The van der Waals surface area contributed by atoms with Crippen LogP contribution < -0.4 is 5.73 Å². The van der Waals surface area contributed by atoms with Gasteiger partial charge in [0.05, 0.1) is 18.1 Å². The zero-order valence-corrected chi connectivity index (χ0v) is 14.7. The summed E-state index contributed by atoms with van der Waals surface area (Å²) in [5.41, 5.74) is 5.59. The van der Waals surface area contributed by atoms with E-state index in [0.29, 0.717) is 10.0 Å². The van der Waals surface area contributed by atoms with Crippen molar-refractivity contribution in [1.82, 2.24) is 9.88 Å². The number of aliphatic hydroxyl groups is 1. The van der Waals surface area contributed by atoms with E-state index < -0.39 is 18.0 Å². The molecular weight excluding hydrogens is 350 g/mol. The van der Waals surface area contributed by atoms with Crippen molar-refractivity contribution in [1.29, 1.82) is 0 Å². The minimum atomic E-state index is -1.13. The number of carbonyl (C=O) groups excluding carboxylic acids is 1. The summed E-state index contributed by atoms with van der Waals surface area (Å²) in [5, 5.41) is 21.5. The van der Waals surface area contributed by atoms with Gasteiger partial charge in [0.15, 0.2) is 5.13 Å². The second kappa shape index (κ2) is 6.23. The maximum Gasteiger partial charge on any atom is 0.353 e. The van der Waals surface area contributed by atoms with Crippen molar-refractivity contribution in [3.8, 4) is 0 Å². The van der Waals surface area contributed by atoms with Crippen molar-refractivity contribution in [2.45, 2.75) is 26.0 Å². The summed E-state index contributed by atoms with van der Waals surface area (Å²) in [6.07, 6.45) is 2.65. The van der Waals surface area contributed by atoms with E-state index in [9.17, 15) is 19.8 Å². The van der Waals surface area contributed by atoms with E-state index >= 15 is 0 Å². The van der Waals surface area contributed by atoms with Crippen LogP contribution in [0.3, 0.4) is 0 Å². The number of aliphatic carboxylic acids is 1. The fraction of sp³-hybridized carbons (Fsp3) is 0.400. The van der Waals surface area contributed by atoms with Crippen LogP contribution in [0.25, 0.3) is 6.08 Å². The standard InChI is InChI=1S/C15H17N3O4S2/c1-6-10-9(7(2)19)13(20)18(10)11(14(21)22)12(6)23-4-3-8-5-17-15(16)24-8/h3-7,9-10,19H,1-2H3,(H2,16,17)(H,21,22)/t6-,7-,9-,10-/m1/s1. The van der Waals surface area contributed by atoms with Crippen LogP contribution in [0.5, 0.6) is 0 Å². The quantitative estimate of drug-likeness (QED) is 0.677. The van der Waals surface area contributed by atoms with Crippen molar-refractivity contribution < 1.29 is 19.8 Å². The number of amides is 1. The molecule has 9 heteroatoms. The first-order valence-electron chi connectivity index (χ1n) is 7.36. The number of anilines is 1. The second-order valence-corrected chi connectivity index (χ2v) is 7.83. The van der Waals surface area contributed by atoms with Gasteiger partial charge in [-0.3, -0.25) is 4.79 Å². The number of carboxylic acids is 1. The van der Waals surface area contributed by atoms with Gasteiger partial charge in [-0.25, -0.2) is 9.78 Å². The molecule has 0 aromatic carbocycles. The first-order chi connectivity index (χ1) is 11.3. The Morgan fingerprint density at radius 2 is 2.29 bits per heavy atom. The number of fused-ring (bicyclic) bond motifs is 1. The summed E-state index contributed by atoms with van der Waals surface area (Å²) in [4.78, 5) is 30.6. The molecule has 0 radical (unpaired) electrons. The third kappa shape index (κ3) is 2.62. The zero-order chi connectivity index (χ0) is 17.6. The molecule has 4 atom stereocenters. The van der Waals surface area contributed by atoms with Crippen LogP contribution in [-0.2, 0) is 9.59 Å². The maximum atomic E-state index is 12.2. The minimum Gasteiger partial charge on any atom is -0.477 e. The molecule has 0 spiro atoms. The first-order valence-corrected chi connectivity index (χ1v) is 9.05. The number of hydrogen-bond donors (Lipinski definition) is 3. The van der Waals surface area contributed by atoms with Gasteiger partial charge in [-0.15, -0.1) is 0 Å². The van der Waals surface area contributed by atoms with E-state index in [2.05, 4.69) is 4.98 Å². The third-order valence-electron chi connectivity index (χ3n) is 4.28. The largest absolute Gasteiger partial charge is 0.477 e. The molecule has 2 aliphatic rings. The highest BCUT2D eigenvalue weighted by molar-refractivity contribution is 8.06. The van der Waals surface area contributed by atoms with Crippen molar-refractivity contribution in [2.24, 2.45) is 11.8 Å². The predicted molar refractivity (Wildman–Crippen MR) is 92.8 cm³/mol. The monoisotopic (exact) mass is 367 g/mol. The van der Waals surface area contributed by atoms with Crippen LogP contribution in [0.4, 0.5) is 5.13 Å². The number of thiazole rings is 1. The molecule has 4 N–H and O–H groups in total. The Labute approximate surface area is 146 Å². The summed E-state index contributed by atoms with van der Waals surface area (Å²) in [6, 6.07) is -0.293. The van der Waals surface area contributed by atoms with Crippen LogP contribution in [0.15, 0.2) is 22.2 Å². The molecule has 1 saturated heterocycles. The lowest BCUT2D eigenvalue weighted by molar-refractivity contribution is -0.163. The fourth-order valence-corrected chi connectivity index (χ4v) is 4.92. The molecule has 1 amide bonds. The number of β-lactam (4-membered cyclic amide) rings is 1. The Hall–Kier alpha value is -1.84. The van der Waals surface area contributed by atoms with E-state index in [-0.39, 0.29) is 23.6 Å². The van der Waals surface area contributed by atoms with Gasteiger partial charge in [0, 0.05) is 21.9 Å². The van der Waals surface area contributed by atoms with Crippen molar-refractivity contribution in [3.63, 3.8) is 0 Å². The normalized spacial score (nSPS) is 27.5. The topological polar surface area (TPSA) is 117 Å². The first kappa shape index (κ1) is 17.0. The van der Waals surface area contributed by atoms with Gasteiger partial charge in [-0.05, 0) is 18.4 Å². The van der Waals surface area contributed by atoms with E-state index in [4.69, 9.17) is 5.73 Å². The van der Waals surface area contributed by atoms with Gasteiger partial charge in [0.25, 0.3) is 0 Å². The van der Waals surface area contributed by atoms with Crippen molar-refractivity contribution >= 4 is 46.2 Å². The Morgan fingerprint density at radius 3 is 2.83 bits per heavy atom. The highest BCUT2D eigenvalue weighted by Gasteiger charge is 2.59. The minimum absolute atomic E-state index is 0.0212. The van der Waals surface area contributed by atoms with Gasteiger partial charge in [-0.1, -0.05) is 30.0 Å². The van der Waals surface area contributed by atoms with Crippen LogP contribution in [0, 0.1) is 11.8 Å². The number of thioether (sulfide) groups is 1. The molecule has 0 bridgehead atoms. The lowest BCUT2D eigenvalue weighted by Crippen LogP contribution is -2.63. The number of nitrogens with zero attached hydrogens (tertiary/aromatic N) is 2. The SMILES string of the molecule is C[C@@H](O)[C@H]1C(=O)N2C(C(=O)O)=C(SC=Cc3cnc(N)s3)[C@H](C)[C@H]12. The summed E-state index contributed by atoms with van der Waals surface area (Å²) in [5.74, 6) is -2.14. The number of carboxylic acid groups (broad SMARTS) is 1. The smallest absolute Gasteiger partial charge is 0.353 e. The van der Waals surface area contributed by atoms with Gasteiger partial charge in [0.2, 0.25) is 5.91 Å². The summed E-state index contributed by atoms with van der Waals surface area (Å²) in [6.45, 7) is 3.45. The lowest BCUT2D eigenvalue weighted by atomic mass is 9.79. The Morgan fingerprint density at radius 1 is 1.58 bits per heavy atom. The van der Waals surface area contributed by atoms with Gasteiger partial charge in [0.1, 0.15) is 5.70 Å². The molecule has 0 aliphatic carbocycles. The molecule has 1 aromatic heterocycles. The number of rotatable bonds is 5. The molecule has 7 nitrogen and oxygen atoms in total. The zero-order valence-electron chi connectivity index (χ0n) is 13.0. The van der Waals surface area contributed by atoms with Crippen molar-refractivity contribution in [2.75, 3.05) is 5.73 Å². The number of hydrogen-bond acceptors (Lipinski definition) is 7. The fourth-order valence-electron chi connectivity index (χ4n) is 3.23. The molecule has 3 rings (SSSR count). The lowest BCUT2D eigenvalue weighted by Gasteiger charge is -2.46. The van der Waals surface area contributed by atoms with E-state index in [0.717, 1.165) is 4.88 Å². The third-order valence-corrected chi connectivity index (χ3v) is 6.16. The number of aliphatic hydroxyl groups excluding tert-OH is 1. The second-order valence-electron chi connectivity index (χ2n) is 5.79. The van der Waals surface area contributed by atoms with E-state index in [1.165, 1.54) is 28.0 Å². The number of nitrogen functional groups attached to an aromatic ring is 1. The molecular formula is C15H17N3O4S2. The Kier molecular flexibility index (Phi) is 4.41. The van der Waals surface area contributed by atoms with Crippen LogP contribution in [0.1, 0.15) is 18.7 Å². The summed E-state index contributed by atoms with van der Waals surface area (Å²) < 4.78 is 0. The van der Waals surface area contributed by atoms with Crippen LogP contribution in [0.2, 0.25) is 0 Å². The molecule has 0 unspecified atom stereocenters. The van der Waals surface area contributed by atoms with E-state index in [1.54, 1.807) is 24.6 Å². The average molecular weight is 367 g/mol. The van der Waals surface area contributed by atoms with Crippen molar-refractivity contribution in [3.05, 3.63) is 27.1 Å². The molecule has 0 saturated carbocycles. The number of aromatic nitrogens is 1.